The molecular formula is C22H23N5O2S2. The zero-order valence-corrected chi connectivity index (χ0v) is 18.7. The molecule has 0 aliphatic heterocycles. The summed E-state index contributed by atoms with van der Waals surface area (Å²) >= 11 is 1.66. The first kappa shape index (κ1) is 21.3. The first-order valence-electron chi connectivity index (χ1n) is 9.84. The van der Waals surface area contributed by atoms with Crippen LogP contribution in [-0.2, 0) is 35.0 Å². The summed E-state index contributed by atoms with van der Waals surface area (Å²) < 4.78 is 25.5. The van der Waals surface area contributed by atoms with E-state index in [1.54, 1.807) is 30.2 Å². The highest BCUT2D eigenvalue weighted by Gasteiger charge is 2.15. The molecule has 2 aromatic carbocycles. The van der Waals surface area contributed by atoms with Gasteiger partial charge in [-0.15, -0.1) is 10.2 Å². The van der Waals surface area contributed by atoms with Crippen LogP contribution in [0.3, 0.4) is 0 Å². The lowest BCUT2D eigenvalue weighted by molar-refractivity contribution is 0.601. The van der Waals surface area contributed by atoms with Crippen molar-refractivity contribution in [3.63, 3.8) is 0 Å². The summed E-state index contributed by atoms with van der Waals surface area (Å²) in [6.45, 7) is 0.714. The molecule has 160 valence electrons. The molecule has 0 fully saturated rings. The Bertz CT molecular complexity index is 1220. The number of nitrogens with zero attached hydrogens (tertiary/aromatic N) is 4. The van der Waals surface area contributed by atoms with Crippen molar-refractivity contribution >= 4 is 21.6 Å². The predicted molar refractivity (Wildman–Crippen MR) is 121 cm³/mol. The van der Waals surface area contributed by atoms with Crippen molar-refractivity contribution in [3.8, 4) is 0 Å². The van der Waals surface area contributed by atoms with Gasteiger partial charge in [-0.3, -0.25) is 0 Å². The summed E-state index contributed by atoms with van der Waals surface area (Å²) in [6.07, 6.45) is 6.12. The Kier molecular flexibility index (Phi) is 6.53. The van der Waals surface area contributed by atoms with E-state index in [1.165, 1.54) is 11.8 Å². The molecule has 0 saturated carbocycles. The van der Waals surface area contributed by atoms with E-state index < -0.39 is 9.84 Å². The highest BCUT2D eigenvalue weighted by Crippen LogP contribution is 2.23. The highest BCUT2D eigenvalue weighted by molar-refractivity contribution is 7.98. The second-order valence-corrected chi connectivity index (χ2v) is 10.2. The maximum absolute atomic E-state index is 11.7. The third kappa shape index (κ3) is 5.62. The lowest BCUT2D eigenvalue weighted by atomic mass is 10.1. The monoisotopic (exact) mass is 453 g/mol. The van der Waals surface area contributed by atoms with Crippen LogP contribution < -0.4 is 0 Å². The summed E-state index contributed by atoms with van der Waals surface area (Å²) in [5, 5.41) is 9.74. The van der Waals surface area contributed by atoms with Crippen molar-refractivity contribution in [3.05, 3.63) is 89.8 Å². The minimum Gasteiger partial charge on any atom is -0.351 e. The molecule has 9 heteroatoms. The zero-order valence-electron chi connectivity index (χ0n) is 17.1. The fraction of sp³-hybridized carbons (Fsp3) is 0.227. The van der Waals surface area contributed by atoms with Crippen molar-refractivity contribution in [2.24, 2.45) is 0 Å². The van der Waals surface area contributed by atoms with E-state index in [2.05, 4.69) is 36.9 Å². The van der Waals surface area contributed by atoms with Crippen molar-refractivity contribution < 1.29 is 8.42 Å². The van der Waals surface area contributed by atoms with Gasteiger partial charge in [-0.25, -0.2) is 13.4 Å². The second kappa shape index (κ2) is 9.49. The molecule has 7 nitrogen and oxygen atoms in total. The fourth-order valence-corrected chi connectivity index (χ4v) is 4.76. The highest BCUT2D eigenvalue weighted by atomic mass is 32.2. The Morgan fingerprint density at radius 1 is 1.00 bits per heavy atom. The summed E-state index contributed by atoms with van der Waals surface area (Å²) in [7, 11) is -3.21. The molecular weight excluding hydrogens is 430 g/mol. The van der Waals surface area contributed by atoms with Crippen LogP contribution in [0.5, 0.6) is 0 Å². The topological polar surface area (TPSA) is 93.5 Å². The number of imidazole rings is 1. The molecule has 0 unspecified atom stereocenters. The smallest absolute Gasteiger partial charge is 0.191 e. The Balaban J connectivity index is 1.54. The van der Waals surface area contributed by atoms with Crippen LogP contribution in [0.25, 0.3) is 0 Å². The van der Waals surface area contributed by atoms with Gasteiger partial charge in [0.2, 0.25) is 0 Å². The molecule has 0 aliphatic carbocycles. The van der Waals surface area contributed by atoms with Crippen LogP contribution in [0.4, 0.5) is 0 Å². The minimum atomic E-state index is -3.21. The van der Waals surface area contributed by atoms with Gasteiger partial charge < -0.3 is 9.55 Å². The number of sulfone groups is 1. The number of hydrogen-bond donors (Lipinski definition) is 1. The maximum Gasteiger partial charge on any atom is 0.191 e. The van der Waals surface area contributed by atoms with E-state index in [0.29, 0.717) is 17.9 Å². The quantitative estimate of drug-likeness (QED) is 0.390. The van der Waals surface area contributed by atoms with Crippen LogP contribution in [-0.4, -0.2) is 39.4 Å². The van der Waals surface area contributed by atoms with Gasteiger partial charge in [-0.05, 0) is 23.3 Å². The molecule has 0 saturated heterocycles. The van der Waals surface area contributed by atoms with Gasteiger partial charge in [-0.2, -0.15) is 0 Å². The largest absolute Gasteiger partial charge is 0.351 e. The van der Waals surface area contributed by atoms with Crippen molar-refractivity contribution in [1.29, 1.82) is 0 Å². The molecule has 1 N–H and O–H groups in total. The molecule has 31 heavy (non-hydrogen) atoms. The van der Waals surface area contributed by atoms with Crippen molar-refractivity contribution in [2.75, 3.05) is 6.26 Å². The number of hydrogen-bond acceptors (Lipinski definition) is 6. The number of thioether (sulfide) groups is 1. The van der Waals surface area contributed by atoms with Gasteiger partial charge in [0, 0.05) is 37.6 Å². The summed E-state index contributed by atoms with van der Waals surface area (Å²) in [6, 6.07) is 17.2. The molecule has 0 aliphatic rings. The summed E-state index contributed by atoms with van der Waals surface area (Å²) in [5.41, 5.74) is 3.20. The number of nitrogens with one attached hydrogen (secondary N) is 1. The van der Waals surface area contributed by atoms with Crippen LogP contribution in [0.1, 0.15) is 22.6 Å². The predicted octanol–water partition coefficient (Wildman–Crippen LogP) is 3.53. The molecule has 4 aromatic rings. The molecule has 0 bridgehead atoms. The third-order valence-corrected chi connectivity index (χ3v) is 7.03. The van der Waals surface area contributed by atoms with Crippen LogP contribution in [0.2, 0.25) is 0 Å². The Hall–Kier alpha value is -2.91. The maximum atomic E-state index is 11.7. The van der Waals surface area contributed by atoms with Gasteiger partial charge in [0.15, 0.2) is 15.0 Å². The first-order chi connectivity index (χ1) is 15.0. The normalized spacial score (nSPS) is 11.6. The average Bonchev–Trinajstić information content (AvgIpc) is 3.41. The summed E-state index contributed by atoms with van der Waals surface area (Å²) in [5.74, 6) is 1.66. The van der Waals surface area contributed by atoms with Crippen molar-refractivity contribution in [2.45, 2.75) is 35.2 Å². The minimum absolute atomic E-state index is 0.315. The number of aromatic nitrogens is 5. The van der Waals surface area contributed by atoms with Gasteiger partial charge in [0.1, 0.15) is 5.82 Å². The molecule has 0 radical (unpaired) electrons. The number of rotatable bonds is 9. The third-order valence-electron chi connectivity index (χ3n) is 4.86. The number of aryl methyl sites for hydroxylation is 1. The number of aromatic amines is 1. The second-order valence-electron chi connectivity index (χ2n) is 7.23. The van der Waals surface area contributed by atoms with E-state index in [9.17, 15) is 8.42 Å². The van der Waals surface area contributed by atoms with Crippen LogP contribution in [0.15, 0.2) is 77.2 Å². The lowest BCUT2D eigenvalue weighted by Gasteiger charge is -2.10. The molecule has 2 heterocycles. The van der Waals surface area contributed by atoms with Gasteiger partial charge >= 0.3 is 0 Å². The van der Waals surface area contributed by atoms with Gasteiger partial charge in [0.05, 0.1) is 16.9 Å². The van der Waals surface area contributed by atoms with E-state index in [-0.39, 0.29) is 0 Å². The van der Waals surface area contributed by atoms with Crippen LogP contribution >= 0.6 is 11.8 Å². The number of H-pyrrole nitrogens is 1. The van der Waals surface area contributed by atoms with Gasteiger partial charge in [-0.1, -0.05) is 54.2 Å². The van der Waals surface area contributed by atoms with E-state index >= 15 is 0 Å². The van der Waals surface area contributed by atoms with Crippen LogP contribution in [0, 0.1) is 0 Å². The Labute approximate surface area is 185 Å². The molecule has 0 spiro atoms. The van der Waals surface area contributed by atoms with Crippen molar-refractivity contribution in [1.82, 2.24) is 24.7 Å². The Morgan fingerprint density at radius 3 is 2.45 bits per heavy atom. The van der Waals surface area contributed by atoms with Gasteiger partial charge in [0.25, 0.3) is 0 Å². The molecule has 4 rings (SSSR count). The standard InChI is InChI=1S/C22H23N5O2S2/c1-31(28,29)20-9-7-17(8-10-20)13-21-25-26-22(30-15-18-5-3-2-4-6-18)27(21)12-11-19-14-23-16-24-19/h2-10,14,16H,11-13,15H2,1H3,(H,23,24). The van der Waals surface area contributed by atoms with E-state index in [0.717, 1.165) is 34.4 Å². The molecule has 0 amide bonds. The van der Waals surface area contributed by atoms with E-state index in [1.807, 2.05) is 36.5 Å². The molecule has 2 aromatic heterocycles. The zero-order chi connectivity index (χ0) is 21.7. The SMILES string of the molecule is CS(=O)(=O)c1ccc(Cc2nnc(SCc3ccccc3)n2CCc2c[nH]cn2)cc1. The Morgan fingerprint density at radius 2 is 1.77 bits per heavy atom. The average molecular weight is 454 g/mol. The molecule has 0 atom stereocenters. The fourth-order valence-electron chi connectivity index (χ4n) is 3.19. The summed E-state index contributed by atoms with van der Waals surface area (Å²) in [4.78, 5) is 7.61. The number of benzene rings is 2. The van der Waals surface area contributed by atoms with E-state index in [4.69, 9.17) is 0 Å². The first-order valence-corrected chi connectivity index (χ1v) is 12.7. The lowest BCUT2D eigenvalue weighted by Crippen LogP contribution is -2.09.